The standard InChI is InChI=1S/C17H10Cl2F2N2O2/c18-10-5-9(6-11(20)7-10)16-4-3-15(17(24)25)22-23(16)12-1-2-14(21)13(19)8-12/h1-2,4-8H,3H2,(H,24,25). The van der Waals surface area contributed by atoms with E-state index >= 15 is 0 Å². The Morgan fingerprint density at radius 1 is 1.16 bits per heavy atom. The molecule has 1 aliphatic rings. The van der Waals surface area contributed by atoms with Crippen molar-refractivity contribution in [3.05, 3.63) is 69.7 Å². The highest BCUT2D eigenvalue weighted by atomic mass is 35.5. The molecular formula is C17H10Cl2F2N2O2. The van der Waals surface area contributed by atoms with Gasteiger partial charge in [-0.25, -0.2) is 18.6 Å². The van der Waals surface area contributed by atoms with Crippen molar-refractivity contribution in [3.63, 3.8) is 0 Å². The number of allylic oxidation sites excluding steroid dienone is 1. The summed E-state index contributed by atoms with van der Waals surface area (Å²) < 4.78 is 27.1. The quantitative estimate of drug-likeness (QED) is 0.815. The number of anilines is 1. The molecule has 4 nitrogen and oxygen atoms in total. The zero-order valence-corrected chi connectivity index (χ0v) is 14.0. The molecule has 0 unspecified atom stereocenters. The van der Waals surface area contributed by atoms with E-state index in [-0.39, 0.29) is 22.2 Å². The Hall–Kier alpha value is -2.44. The smallest absolute Gasteiger partial charge is 0.352 e. The van der Waals surface area contributed by atoms with Gasteiger partial charge in [0.2, 0.25) is 0 Å². The first-order valence-electron chi connectivity index (χ1n) is 7.08. The Bertz CT molecular complexity index is 909. The number of aliphatic carboxylic acids is 1. The third-order valence-corrected chi connectivity index (χ3v) is 4.00. The average Bonchev–Trinajstić information content (AvgIpc) is 2.56. The first-order valence-corrected chi connectivity index (χ1v) is 7.83. The SMILES string of the molecule is O=C(O)C1=NN(c2ccc(F)c(Cl)c2)C(c2cc(F)cc(Cl)c2)=CC1. The number of hydrazone groups is 1. The molecule has 3 rings (SSSR count). The summed E-state index contributed by atoms with van der Waals surface area (Å²) >= 11 is 11.7. The van der Waals surface area contributed by atoms with Gasteiger partial charge in [0.15, 0.2) is 0 Å². The molecule has 0 saturated carbocycles. The second-order valence-corrected chi connectivity index (χ2v) is 6.06. The Morgan fingerprint density at radius 3 is 2.56 bits per heavy atom. The maximum Gasteiger partial charge on any atom is 0.352 e. The van der Waals surface area contributed by atoms with Gasteiger partial charge in [-0.1, -0.05) is 29.3 Å². The van der Waals surface area contributed by atoms with Crippen molar-refractivity contribution in [2.24, 2.45) is 5.10 Å². The molecule has 0 radical (unpaired) electrons. The van der Waals surface area contributed by atoms with Crippen molar-refractivity contribution in [2.45, 2.75) is 6.42 Å². The van der Waals surface area contributed by atoms with Gasteiger partial charge in [-0.2, -0.15) is 5.10 Å². The van der Waals surface area contributed by atoms with Gasteiger partial charge in [-0.15, -0.1) is 0 Å². The molecule has 0 amide bonds. The van der Waals surface area contributed by atoms with Gasteiger partial charge in [0.05, 0.1) is 16.4 Å². The summed E-state index contributed by atoms with van der Waals surface area (Å²) in [6, 6.07) is 7.76. The van der Waals surface area contributed by atoms with Crippen LogP contribution in [0.4, 0.5) is 14.5 Å². The van der Waals surface area contributed by atoms with Crippen molar-refractivity contribution in [3.8, 4) is 0 Å². The fourth-order valence-electron chi connectivity index (χ4n) is 2.38. The van der Waals surface area contributed by atoms with E-state index in [1.807, 2.05) is 0 Å². The number of rotatable bonds is 3. The van der Waals surface area contributed by atoms with Crippen LogP contribution >= 0.6 is 23.2 Å². The first kappa shape index (κ1) is 17.4. The van der Waals surface area contributed by atoms with E-state index in [1.165, 1.54) is 29.3 Å². The number of nitrogens with zero attached hydrogens (tertiary/aromatic N) is 2. The number of carbonyl (C=O) groups is 1. The molecule has 8 heteroatoms. The van der Waals surface area contributed by atoms with Crippen LogP contribution in [0.2, 0.25) is 10.0 Å². The molecule has 2 aromatic rings. The Morgan fingerprint density at radius 2 is 1.92 bits per heavy atom. The van der Waals surface area contributed by atoms with Crippen molar-refractivity contribution in [1.29, 1.82) is 0 Å². The monoisotopic (exact) mass is 382 g/mol. The molecule has 0 spiro atoms. The highest BCUT2D eigenvalue weighted by molar-refractivity contribution is 6.37. The highest BCUT2D eigenvalue weighted by Crippen LogP contribution is 2.33. The lowest BCUT2D eigenvalue weighted by Gasteiger charge is -2.27. The molecule has 0 fully saturated rings. The van der Waals surface area contributed by atoms with Crippen LogP contribution in [-0.2, 0) is 4.79 Å². The van der Waals surface area contributed by atoms with Gasteiger partial charge in [-0.3, -0.25) is 0 Å². The lowest BCUT2D eigenvalue weighted by molar-refractivity contribution is -0.129. The van der Waals surface area contributed by atoms with Crippen LogP contribution in [0.1, 0.15) is 12.0 Å². The van der Waals surface area contributed by atoms with Crippen molar-refractivity contribution < 1.29 is 18.7 Å². The van der Waals surface area contributed by atoms with Crippen LogP contribution < -0.4 is 5.01 Å². The third kappa shape index (κ3) is 3.65. The first-order chi connectivity index (χ1) is 11.8. The zero-order valence-electron chi connectivity index (χ0n) is 12.5. The van der Waals surface area contributed by atoms with Gasteiger partial charge < -0.3 is 5.11 Å². The molecule has 1 aliphatic heterocycles. The summed E-state index contributed by atoms with van der Waals surface area (Å²) in [5.41, 5.74) is 1.02. The molecule has 2 aromatic carbocycles. The lowest BCUT2D eigenvalue weighted by atomic mass is 10.1. The molecule has 0 aliphatic carbocycles. The van der Waals surface area contributed by atoms with E-state index in [0.29, 0.717) is 16.9 Å². The number of benzene rings is 2. The predicted octanol–water partition coefficient (Wildman–Crippen LogP) is 4.96. The second-order valence-electron chi connectivity index (χ2n) is 5.21. The summed E-state index contributed by atoms with van der Waals surface area (Å²) in [6.07, 6.45) is 1.63. The summed E-state index contributed by atoms with van der Waals surface area (Å²) in [4.78, 5) is 11.2. The van der Waals surface area contributed by atoms with Gasteiger partial charge in [-0.05, 0) is 36.4 Å². The molecule has 25 heavy (non-hydrogen) atoms. The number of carboxylic acids is 1. The minimum atomic E-state index is -1.19. The predicted molar refractivity (Wildman–Crippen MR) is 93.0 cm³/mol. The van der Waals surface area contributed by atoms with Crippen molar-refractivity contribution >= 4 is 46.3 Å². The molecule has 0 bridgehead atoms. The largest absolute Gasteiger partial charge is 0.477 e. The molecule has 128 valence electrons. The Kier molecular flexibility index (Phi) is 4.74. The van der Waals surface area contributed by atoms with Gasteiger partial charge >= 0.3 is 5.97 Å². The molecule has 1 N–H and O–H groups in total. The van der Waals surface area contributed by atoms with E-state index < -0.39 is 17.6 Å². The van der Waals surface area contributed by atoms with Gasteiger partial charge in [0.1, 0.15) is 17.3 Å². The average molecular weight is 383 g/mol. The molecule has 1 heterocycles. The third-order valence-electron chi connectivity index (χ3n) is 3.49. The van der Waals surface area contributed by atoms with Crippen LogP contribution in [-0.4, -0.2) is 16.8 Å². The highest BCUT2D eigenvalue weighted by Gasteiger charge is 2.23. The Labute approximate surface area is 151 Å². The van der Waals surface area contributed by atoms with Crippen LogP contribution in [0.5, 0.6) is 0 Å². The summed E-state index contributed by atoms with van der Waals surface area (Å²) in [5, 5.41) is 14.6. The van der Waals surface area contributed by atoms with E-state index in [0.717, 1.165) is 12.1 Å². The molecule has 0 atom stereocenters. The number of halogens is 4. The summed E-state index contributed by atoms with van der Waals surface area (Å²) in [7, 11) is 0. The van der Waals surface area contributed by atoms with Crippen LogP contribution in [0.3, 0.4) is 0 Å². The van der Waals surface area contributed by atoms with Gasteiger partial charge in [0, 0.05) is 17.0 Å². The van der Waals surface area contributed by atoms with E-state index in [1.54, 1.807) is 6.08 Å². The number of hydrogen-bond acceptors (Lipinski definition) is 3. The van der Waals surface area contributed by atoms with Crippen molar-refractivity contribution in [2.75, 3.05) is 5.01 Å². The molecular weight excluding hydrogens is 373 g/mol. The maximum absolute atomic E-state index is 13.7. The van der Waals surface area contributed by atoms with Crippen LogP contribution in [0.25, 0.3) is 5.70 Å². The van der Waals surface area contributed by atoms with Crippen molar-refractivity contribution in [1.82, 2.24) is 0 Å². The molecule has 0 saturated heterocycles. The lowest BCUT2D eigenvalue weighted by Crippen LogP contribution is -2.26. The normalized spacial score (nSPS) is 14.2. The fourth-order valence-corrected chi connectivity index (χ4v) is 2.78. The summed E-state index contributed by atoms with van der Waals surface area (Å²) in [5.74, 6) is -2.36. The second kappa shape index (κ2) is 6.82. The molecule has 0 aromatic heterocycles. The van der Waals surface area contributed by atoms with E-state index in [2.05, 4.69) is 5.10 Å². The number of carboxylic acid groups (broad SMARTS) is 1. The van der Waals surface area contributed by atoms with E-state index in [9.17, 15) is 18.7 Å². The number of hydrogen-bond donors (Lipinski definition) is 1. The fraction of sp³-hybridized carbons (Fsp3) is 0.0588. The van der Waals surface area contributed by atoms with Crippen LogP contribution in [0.15, 0.2) is 47.6 Å². The minimum Gasteiger partial charge on any atom is -0.477 e. The van der Waals surface area contributed by atoms with E-state index in [4.69, 9.17) is 23.2 Å². The minimum absolute atomic E-state index is 0.0459. The maximum atomic E-state index is 13.7. The topological polar surface area (TPSA) is 52.9 Å². The van der Waals surface area contributed by atoms with Gasteiger partial charge in [0.25, 0.3) is 0 Å². The summed E-state index contributed by atoms with van der Waals surface area (Å²) in [6.45, 7) is 0. The Balaban J connectivity index is 2.12. The van der Waals surface area contributed by atoms with Crippen LogP contribution in [0, 0.1) is 11.6 Å². The zero-order chi connectivity index (χ0) is 18.1.